The lowest BCUT2D eigenvalue weighted by molar-refractivity contribution is 0.0217. The van der Waals surface area contributed by atoms with Crippen LogP contribution in [-0.2, 0) is 13.6 Å². The number of hydrogen-bond acceptors (Lipinski definition) is 4. The van der Waals surface area contributed by atoms with E-state index in [2.05, 4.69) is 0 Å². The highest BCUT2D eigenvalue weighted by molar-refractivity contribution is 7.49. The Morgan fingerprint density at radius 2 is 1.75 bits per heavy atom. The Balaban J connectivity index is 2.11. The van der Waals surface area contributed by atoms with Gasteiger partial charge in [-0.05, 0) is 26.0 Å². The standard InChI is InChI=1S/C11H15O4P/c1-9-8-10(2)14-16(12,13-9)15-11-6-4-3-5-7-11/h3-7,9-10H,8H2,1-2H3. The van der Waals surface area contributed by atoms with Gasteiger partial charge in [-0.25, -0.2) is 4.57 Å². The Bertz CT molecular complexity index is 378. The zero-order valence-corrected chi connectivity index (χ0v) is 10.2. The van der Waals surface area contributed by atoms with Crippen molar-refractivity contribution in [1.82, 2.24) is 0 Å². The molecule has 0 bridgehead atoms. The minimum Gasteiger partial charge on any atom is -0.404 e. The predicted octanol–water partition coefficient (Wildman–Crippen LogP) is 3.39. The minimum absolute atomic E-state index is 0.113. The molecule has 1 aromatic rings. The molecule has 4 nitrogen and oxygen atoms in total. The Morgan fingerprint density at radius 1 is 1.19 bits per heavy atom. The van der Waals surface area contributed by atoms with Gasteiger partial charge in [-0.1, -0.05) is 18.2 Å². The molecule has 0 radical (unpaired) electrons. The predicted molar refractivity (Wildman–Crippen MR) is 60.4 cm³/mol. The highest BCUT2D eigenvalue weighted by Gasteiger charge is 2.38. The van der Waals surface area contributed by atoms with E-state index in [1.165, 1.54) is 0 Å². The Hall–Kier alpha value is -0.830. The summed E-state index contributed by atoms with van der Waals surface area (Å²) in [5.74, 6) is 0.493. The van der Waals surface area contributed by atoms with Crippen molar-refractivity contribution in [3.8, 4) is 5.75 Å². The summed E-state index contributed by atoms with van der Waals surface area (Å²) in [5.41, 5.74) is 0. The van der Waals surface area contributed by atoms with Crippen molar-refractivity contribution in [3.63, 3.8) is 0 Å². The van der Waals surface area contributed by atoms with E-state index in [1.807, 2.05) is 19.9 Å². The van der Waals surface area contributed by atoms with Crippen LogP contribution in [0.1, 0.15) is 20.3 Å². The quantitative estimate of drug-likeness (QED) is 0.745. The fourth-order valence-corrected chi connectivity index (χ4v) is 3.24. The van der Waals surface area contributed by atoms with Gasteiger partial charge in [0.15, 0.2) is 0 Å². The van der Waals surface area contributed by atoms with Gasteiger partial charge in [-0.15, -0.1) is 0 Å². The van der Waals surface area contributed by atoms with Crippen molar-refractivity contribution in [3.05, 3.63) is 30.3 Å². The minimum atomic E-state index is -3.45. The third-order valence-corrected chi connectivity index (χ3v) is 3.91. The monoisotopic (exact) mass is 242 g/mol. The number of para-hydroxylation sites is 1. The Kier molecular flexibility index (Phi) is 3.33. The number of benzene rings is 1. The van der Waals surface area contributed by atoms with Gasteiger partial charge in [-0.2, -0.15) is 0 Å². The largest absolute Gasteiger partial charge is 0.530 e. The van der Waals surface area contributed by atoms with Crippen LogP contribution in [0.25, 0.3) is 0 Å². The summed E-state index contributed by atoms with van der Waals surface area (Å²) in [6, 6.07) is 8.90. The highest BCUT2D eigenvalue weighted by atomic mass is 31.2. The van der Waals surface area contributed by atoms with Gasteiger partial charge < -0.3 is 4.52 Å². The summed E-state index contributed by atoms with van der Waals surface area (Å²) in [6.45, 7) is 3.72. The van der Waals surface area contributed by atoms with Crippen molar-refractivity contribution in [2.24, 2.45) is 0 Å². The van der Waals surface area contributed by atoms with Crippen LogP contribution >= 0.6 is 7.82 Å². The third kappa shape index (κ3) is 2.85. The molecule has 0 saturated carbocycles. The molecule has 1 fully saturated rings. The second-order valence-corrected chi connectivity index (χ2v) is 5.42. The van der Waals surface area contributed by atoms with Crippen molar-refractivity contribution in [2.45, 2.75) is 32.5 Å². The highest BCUT2D eigenvalue weighted by Crippen LogP contribution is 2.54. The first-order chi connectivity index (χ1) is 7.57. The third-order valence-electron chi connectivity index (χ3n) is 2.24. The number of phosphoric ester groups is 1. The van der Waals surface area contributed by atoms with Crippen LogP contribution in [0.2, 0.25) is 0 Å². The molecule has 0 aromatic heterocycles. The summed E-state index contributed by atoms with van der Waals surface area (Å²) < 4.78 is 28.0. The molecule has 1 heterocycles. The summed E-state index contributed by atoms with van der Waals surface area (Å²) in [6.07, 6.45) is 0.499. The van der Waals surface area contributed by atoms with E-state index in [9.17, 15) is 4.57 Å². The first-order valence-electron chi connectivity index (χ1n) is 5.29. The van der Waals surface area contributed by atoms with Gasteiger partial charge in [0.25, 0.3) is 0 Å². The van der Waals surface area contributed by atoms with Crippen LogP contribution in [0.4, 0.5) is 0 Å². The molecule has 0 aliphatic carbocycles. The average Bonchev–Trinajstić information content (AvgIpc) is 2.15. The van der Waals surface area contributed by atoms with Gasteiger partial charge in [0, 0.05) is 6.42 Å². The number of phosphoric acid groups is 1. The average molecular weight is 242 g/mol. The van der Waals surface area contributed by atoms with E-state index in [0.29, 0.717) is 5.75 Å². The second kappa shape index (κ2) is 4.58. The van der Waals surface area contributed by atoms with Gasteiger partial charge in [0.1, 0.15) is 5.75 Å². The first kappa shape index (κ1) is 11.6. The summed E-state index contributed by atoms with van der Waals surface area (Å²) in [5, 5.41) is 0. The maximum absolute atomic E-state index is 12.2. The zero-order chi connectivity index (χ0) is 11.6. The molecule has 88 valence electrons. The fraction of sp³-hybridized carbons (Fsp3) is 0.455. The van der Waals surface area contributed by atoms with E-state index in [1.54, 1.807) is 24.3 Å². The smallest absolute Gasteiger partial charge is 0.404 e. The zero-order valence-electron chi connectivity index (χ0n) is 9.33. The topological polar surface area (TPSA) is 44.8 Å². The molecule has 1 aliphatic heterocycles. The van der Waals surface area contributed by atoms with Crippen molar-refractivity contribution < 1.29 is 18.1 Å². The van der Waals surface area contributed by atoms with Gasteiger partial charge in [0.2, 0.25) is 0 Å². The Morgan fingerprint density at radius 3 is 2.31 bits per heavy atom. The summed E-state index contributed by atoms with van der Waals surface area (Å²) in [4.78, 5) is 0. The molecule has 0 N–H and O–H groups in total. The second-order valence-electron chi connectivity index (χ2n) is 3.92. The normalized spacial score (nSPS) is 34.6. The van der Waals surface area contributed by atoms with Crippen LogP contribution in [-0.4, -0.2) is 12.2 Å². The lowest BCUT2D eigenvalue weighted by Gasteiger charge is -2.30. The Labute approximate surface area is 95.1 Å². The van der Waals surface area contributed by atoms with Gasteiger partial charge in [-0.3, -0.25) is 9.05 Å². The van der Waals surface area contributed by atoms with E-state index in [4.69, 9.17) is 13.6 Å². The van der Waals surface area contributed by atoms with E-state index < -0.39 is 7.82 Å². The van der Waals surface area contributed by atoms with E-state index in [-0.39, 0.29) is 12.2 Å². The molecule has 5 heteroatoms. The molecule has 1 saturated heterocycles. The summed E-state index contributed by atoms with van der Waals surface area (Å²) in [7, 11) is -3.45. The van der Waals surface area contributed by atoms with Crippen molar-refractivity contribution in [1.29, 1.82) is 0 Å². The maximum Gasteiger partial charge on any atom is 0.530 e. The number of hydrogen-bond donors (Lipinski definition) is 0. The first-order valence-corrected chi connectivity index (χ1v) is 6.75. The van der Waals surface area contributed by atoms with Gasteiger partial charge in [0.05, 0.1) is 12.2 Å². The van der Waals surface area contributed by atoms with Crippen LogP contribution in [0.3, 0.4) is 0 Å². The van der Waals surface area contributed by atoms with Crippen LogP contribution in [0, 0.1) is 0 Å². The fourth-order valence-electron chi connectivity index (χ4n) is 1.67. The van der Waals surface area contributed by atoms with Crippen LogP contribution in [0.15, 0.2) is 30.3 Å². The molecular weight excluding hydrogens is 227 g/mol. The lowest BCUT2D eigenvalue weighted by Crippen LogP contribution is -2.25. The molecule has 0 spiro atoms. The molecule has 2 unspecified atom stereocenters. The SMILES string of the molecule is CC1CC(C)OP(=O)(Oc2ccccc2)O1. The molecule has 0 amide bonds. The van der Waals surface area contributed by atoms with Gasteiger partial charge >= 0.3 is 7.82 Å². The molecule has 16 heavy (non-hydrogen) atoms. The lowest BCUT2D eigenvalue weighted by atomic mass is 10.2. The molecular formula is C11H15O4P. The van der Waals surface area contributed by atoms with E-state index >= 15 is 0 Å². The molecule has 2 atom stereocenters. The van der Waals surface area contributed by atoms with Crippen LogP contribution < -0.4 is 4.52 Å². The van der Waals surface area contributed by atoms with Crippen molar-refractivity contribution in [2.75, 3.05) is 0 Å². The molecule has 1 aromatic carbocycles. The van der Waals surface area contributed by atoms with Crippen LogP contribution in [0.5, 0.6) is 5.75 Å². The number of rotatable bonds is 2. The van der Waals surface area contributed by atoms with E-state index in [0.717, 1.165) is 6.42 Å². The van der Waals surface area contributed by atoms with Crippen molar-refractivity contribution >= 4 is 7.82 Å². The maximum atomic E-state index is 12.2. The molecule has 1 aliphatic rings. The molecule has 2 rings (SSSR count). The summed E-state index contributed by atoms with van der Waals surface area (Å²) >= 11 is 0.